The van der Waals surface area contributed by atoms with Gasteiger partial charge in [0.1, 0.15) is 24.9 Å². The van der Waals surface area contributed by atoms with Gasteiger partial charge in [-0.3, -0.25) is 0 Å². The van der Waals surface area contributed by atoms with Crippen LogP contribution < -0.4 is 0 Å². The van der Waals surface area contributed by atoms with Crippen LogP contribution in [0.1, 0.15) is 65.2 Å². The van der Waals surface area contributed by atoms with Gasteiger partial charge in [0.05, 0.1) is 23.9 Å². The van der Waals surface area contributed by atoms with Gasteiger partial charge in [0.2, 0.25) is 0 Å². The van der Waals surface area contributed by atoms with Crippen LogP contribution in [0, 0.1) is 34.5 Å². The molecule has 39 heavy (non-hydrogen) atoms. The fourth-order valence-corrected chi connectivity index (χ4v) is 9.90. The van der Waals surface area contributed by atoms with E-state index in [9.17, 15) is 35.4 Å². The van der Waals surface area contributed by atoms with Gasteiger partial charge < -0.3 is 44.8 Å². The van der Waals surface area contributed by atoms with Gasteiger partial charge in [-0.25, -0.2) is 4.79 Å². The normalized spacial score (nSPS) is 55.3. The summed E-state index contributed by atoms with van der Waals surface area (Å²) in [5.74, 6) is -0.515. The highest BCUT2D eigenvalue weighted by Gasteiger charge is 2.71. The number of hydrogen-bond donors (Lipinski definition) is 6. The van der Waals surface area contributed by atoms with E-state index in [4.69, 9.17) is 14.2 Å². The van der Waals surface area contributed by atoms with E-state index in [1.54, 1.807) is 6.92 Å². The quantitative estimate of drug-likeness (QED) is 0.212. The number of carbonyl (C=O) groups excluding carboxylic acids is 1. The lowest BCUT2D eigenvalue weighted by atomic mass is 9.42. The zero-order valence-electron chi connectivity index (χ0n) is 22.8. The minimum absolute atomic E-state index is 0.0352. The van der Waals surface area contributed by atoms with Crippen LogP contribution in [-0.2, 0) is 19.0 Å². The second-order valence-corrected chi connectivity index (χ2v) is 13.5. The molecule has 2 heterocycles. The lowest BCUT2D eigenvalue weighted by molar-refractivity contribution is -0.312. The second-order valence-electron chi connectivity index (χ2n) is 13.5. The minimum atomic E-state index is -1.36. The molecule has 220 valence electrons. The SMILES string of the molecule is C[C@H]1O[C@@H](O[C@H]2CC[C@@]3(CO)[C@@H](CC[C@@H]4[C@@H]3C[C@@H](O)[C@]3(C)[C@@H](C5=CC(=O)OC5)CC[C@]43O)C2)[C@H](O)[C@H](O)[C@@H]1O. The van der Waals surface area contributed by atoms with E-state index in [0.717, 1.165) is 18.4 Å². The Bertz CT molecular complexity index is 1000. The molecule has 2 aliphatic heterocycles. The number of rotatable bonds is 4. The van der Waals surface area contributed by atoms with Gasteiger partial charge >= 0.3 is 5.97 Å². The summed E-state index contributed by atoms with van der Waals surface area (Å²) in [6, 6.07) is 0. The first-order valence-corrected chi connectivity index (χ1v) is 14.7. The summed E-state index contributed by atoms with van der Waals surface area (Å²) in [5, 5.41) is 65.6. The molecule has 6 aliphatic rings. The van der Waals surface area contributed by atoms with Gasteiger partial charge in [-0.1, -0.05) is 6.92 Å². The summed E-state index contributed by atoms with van der Waals surface area (Å²) >= 11 is 0. The number of cyclic esters (lactones) is 1. The molecule has 6 N–H and O–H groups in total. The Morgan fingerprint density at radius 1 is 1.00 bits per heavy atom. The molecule has 0 aromatic rings. The van der Waals surface area contributed by atoms with E-state index in [-0.39, 0.29) is 49.0 Å². The Balaban J connectivity index is 1.21. The van der Waals surface area contributed by atoms with Crippen LogP contribution >= 0.6 is 0 Å². The van der Waals surface area contributed by atoms with E-state index in [0.29, 0.717) is 38.5 Å². The summed E-state index contributed by atoms with van der Waals surface area (Å²) < 4.78 is 17.0. The van der Waals surface area contributed by atoms with Crippen molar-refractivity contribution in [3.05, 3.63) is 11.6 Å². The van der Waals surface area contributed by atoms with Crippen LogP contribution in [-0.4, -0.2) is 98.3 Å². The number of ether oxygens (including phenoxy) is 3. The van der Waals surface area contributed by atoms with Crippen molar-refractivity contribution < 1.29 is 49.6 Å². The molecule has 1 saturated heterocycles. The smallest absolute Gasteiger partial charge is 0.331 e. The number of aliphatic hydroxyl groups excluding tert-OH is 5. The molecule has 10 nitrogen and oxygen atoms in total. The summed E-state index contributed by atoms with van der Waals surface area (Å²) in [6.07, 6.45) is 0.0610. The first kappa shape index (κ1) is 28.0. The molecule has 5 fully saturated rings. The summed E-state index contributed by atoms with van der Waals surface area (Å²) in [4.78, 5) is 11.8. The number of fused-ring (bicyclic) bond motifs is 5. The van der Waals surface area contributed by atoms with E-state index in [2.05, 4.69) is 0 Å². The van der Waals surface area contributed by atoms with E-state index < -0.39 is 53.2 Å². The molecule has 4 aliphatic carbocycles. The van der Waals surface area contributed by atoms with Crippen LogP contribution in [0.5, 0.6) is 0 Å². The minimum Gasteiger partial charge on any atom is -0.458 e. The molecule has 0 unspecified atom stereocenters. The molecule has 0 amide bonds. The van der Waals surface area contributed by atoms with E-state index in [1.807, 2.05) is 6.92 Å². The van der Waals surface area contributed by atoms with Crippen molar-refractivity contribution in [1.29, 1.82) is 0 Å². The lowest BCUT2D eigenvalue weighted by Gasteiger charge is -2.65. The van der Waals surface area contributed by atoms with Crippen LogP contribution in [0.15, 0.2) is 11.6 Å². The molecule has 0 spiro atoms. The van der Waals surface area contributed by atoms with Crippen LogP contribution in [0.2, 0.25) is 0 Å². The fourth-order valence-electron chi connectivity index (χ4n) is 9.90. The van der Waals surface area contributed by atoms with Gasteiger partial charge in [-0.2, -0.15) is 0 Å². The van der Waals surface area contributed by atoms with Gasteiger partial charge in [0, 0.05) is 18.1 Å². The van der Waals surface area contributed by atoms with Gasteiger partial charge in [-0.05, 0) is 93.0 Å². The number of hydrogen-bond acceptors (Lipinski definition) is 10. The average molecular weight is 553 g/mol. The lowest BCUT2D eigenvalue weighted by Crippen LogP contribution is -2.68. The maximum absolute atomic E-state index is 12.4. The second kappa shape index (κ2) is 9.73. The van der Waals surface area contributed by atoms with Crippen LogP contribution in [0.4, 0.5) is 0 Å². The standard InChI is InChI=1S/C29H44O10/c1-14-23(33)24(34)25(35)26(38-14)39-17-5-7-28(13-30)16(10-17)3-4-19-20(28)11-21(31)27(2)18(6-8-29(19,27)36)15-9-22(32)37-12-15/h9,14,16-21,23-26,30-31,33-36H,3-8,10-13H2,1-2H3/t14-,16+,17+,18-,19-,20+,21-,23-,24-,25-,26+,27+,28-,29+/m1/s1. The monoisotopic (exact) mass is 552 g/mol. The fraction of sp³-hybridized carbons (Fsp3) is 0.897. The van der Waals surface area contributed by atoms with Gasteiger partial charge in [0.15, 0.2) is 6.29 Å². The van der Waals surface area contributed by atoms with Crippen molar-refractivity contribution in [2.45, 2.75) is 114 Å². The highest BCUT2D eigenvalue weighted by molar-refractivity contribution is 5.85. The average Bonchev–Trinajstić information content (AvgIpc) is 3.47. The first-order valence-electron chi connectivity index (χ1n) is 14.7. The molecule has 0 aromatic carbocycles. The molecular weight excluding hydrogens is 508 g/mol. The number of carbonyl (C=O) groups is 1. The Morgan fingerprint density at radius 2 is 1.77 bits per heavy atom. The van der Waals surface area contributed by atoms with Crippen molar-refractivity contribution in [2.75, 3.05) is 13.2 Å². The zero-order chi connectivity index (χ0) is 27.9. The summed E-state index contributed by atoms with van der Waals surface area (Å²) in [7, 11) is 0. The largest absolute Gasteiger partial charge is 0.458 e. The van der Waals surface area contributed by atoms with Crippen molar-refractivity contribution >= 4 is 5.97 Å². The Labute approximate surface area is 229 Å². The molecule has 4 saturated carbocycles. The van der Waals surface area contributed by atoms with Gasteiger partial charge in [-0.15, -0.1) is 0 Å². The van der Waals surface area contributed by atoms with Gasteiger partial charge in [0.25, 0.3) is 0 Å². The first-order chi connectivity index (χ1) is 18.5. The molecular formula is C29H44O10. The molecule has 6 rings (SSSR count). The zero-order valence-corrected chi connectivity index (χ0v) is 22.8. The van der Waals surface area contributed by atoms with Crippen molar-refractivity contribution in [2.24, 2.45) is 34.5 Å². The third kappa shape index (κ3) is 3.93. The van der Waals surface area contributed by atoms with Crippen molar-refractivity contribution in [3.8, 4) is 0 Å². The number of esters is 1. The predicted octanol–water partition coefficient (Wildman–Crippen LogP) is 0.399. The van der Waals surface area contributed by atoms with Crippen molar-refractivity contribution in [3.63, 3.8) is 0 Å². The van der Waals surface area contributed by atoms with E-state index in [1.165, 1.54) is 6.08 Å². The summed E-state index contributed by atoms with van der Waals surface area (Å²) in [5.41, 5.74) is -1.51. The number of aliphatic hydroxyl groups is 6. The highest BCUT2D eigenvalue weighted by atomic mass is 16.7. The van der Waals surface area contributed by atoms with Crippen LogP contribution in [0.3, 0.4) is 0 Å². The maximum atomic E-state index is 12.4. The van der Waals surface area contributed by atoms with Crippen molar-refractivity contribution in [1.82, 2.24) is 0 Å². The molecule has 14 atom stereocenters. The van der Waals surface area contributed by atoms with E-state index >= 15 is 0 Å². The molecule has 0 bridgehead atoms. The predicted molar refractivity (Wildman–Crippen MR) is 136 cm³/mol. The Hall–Kier alpha value is -1.11. The summed E-state index contributed by atoms with van der Waals surface area (Å²) in [6.45, 7) is 3.78. The molecule has 0 aromatic heterocycles. The maximum Gasteiger partial charge on any atom is 0.331 e. The molecule has 10 heteroatoms. The third-order valence-corrected chi connectivity index (χ3v) is 12.2. The Kier molecular flexibility index (Phi) is 6.99. The highest BCUT2D eigenvalue weighted by Crippen LogP contribution is 2.70. The topological polar surface area (TPSA) is 166 Å². The Morgan fingerprint density at radius 3 is 2.46 bits per heavy atom. The third-order valence-electron chi connectivity index (χ3n) is 12.2. The van der Waals surface area contributed by atoms with Crippen LogP contribution in [0.25, 0.3) is 0 Å². The molecule has 0 radical (unpaired) electrons.